The molecule has 0 atom stereocenters. The van der Waals surface area contributed by atoms with Gasteiger partial charge in [-0.25, -0.2) is 15.0 Å². The smallest absolute Gasteiger partial charge is 0.271 e. The number of carbonyl (C=O) groups is 2. The van der Waals surface area contributed by atoms with Gasteiger partial charge in [0, 0.05) is 49.6 Å². The second-order valence-electron chi connectivity index (χ2n) is 10.4. The Hall–Kier alpha value is -3.51. The molecule has 4 aromatic rings. The van der Waals surface area contributed by atoms with Crippen molar-refractivity contribution in [2.75, 3.05) is 25.6 Å². The summed E-state index contributed by atoms with van der Waals surface area (Å²) in [6.45, 7) is 5.52. The topological polar surface area (TPSA) is 119 Å². The lowest BCUT2D eigenvalue weighted by molar-refractivity contribution is -0.120. The van der Waals surface area contributed by atoms with Gasteiger partial charge >= 0.3 is 0 Å². The molecule has 2 N–H and O–H groups in total. The first-order valence-corrected chi connectivity index (χ1v) is 14.4. The van der Waals surface area contributed by atoms with E-state index in [1.807, 2.05) is 36.1 Å². The molecule has 39 heavy (non-hydrogen) atoms. The van der Waals surface area contributed by atoms with Gasteiger partial charge in [-0.1, -0.05) is 0 Å². The fourth-order valence-electron chi connectivity index (χ4n) is 5.21. The number of amides is 2. The highest BCUT2D eigenvalue weighted by molar-refractivity contribution is 7.15. The van der Waals surface area contributed by atoms with Crippen LogP contribution in [0.3, 0.4) is 0 Å². The molecule has 2 amide bonds. The first-order valence-electron chi connectivity index (χ1n) is 13.6. The number of fused-ring (bicyclic) bond motifs is 3. The minimum absolute atomic E-state index is 0.0681. The van der Waals surface area contributed by atoms with E-state index >= 15 is 0 Å². The summed E-state index contributed by atoms with van der Waals surface area (Å²) < 4.78 is 9.00. The Morgan fingerprint density at radius 1 is 1.21 bits per heavy atom. The number of ether oxygens (including phenoxy) is 1. The van der Waals surface area contributed by atoms with Crippen LogP contribution >= 0.6 is 11.3 Å². The number of pyridine rings is 1. The molecule has 4 aromatic heterocycles. The Labute approximate surface area is 230 Å². The normalized spacial score (nSPS) is 15.3. The molecule has 2 aliphatic carbocycles. The summed E-state index contributed by atoms with van der Waals surface area (Å²) in [6, 6.07) is 2.74. The molecule has 0 unspecified atom stereocenters. The van der Waals surface area contributed by atoms with Crippen molar-refractivity contribution >= 4 is 56.2 Å². The molecule has 0 radical (unpaired) electrons. The monoisotopic (exact) mass is 550 g/mol. The summed E-state index contributed by atoms with van der Waals surface area (Å²) in [5.74, 6) is 0.617. The quantitative estimate of drug-likeness (QED) is 0.274. The highest BCUT2D eigenvalue weighted by Crippen LogP contribution is 2.40. The fraction of sp³-hybridized carbons (Fsp3) is 0.519. The number of nitrogens with one attached hydrogen (secondary N) is 2. The molecule has 0 aliphatic heterocycles. The zero-order chi connectivity index (χ0) is 27.3. The molecule has 0 saturated heterocycles. The highest BCUT2D eigenvalue weighted by atomic mass is 32.1. The number of hydrogen-bond acceptors (Lipinski definition) is 8. The molecule has 2 saturated carbocycles. The molecule has 0 bridgehead atoms. The van der Waals surface area contributed by atoms with Gasteiger partial charge in [-0.3, -0.25) is 9.59 Å². The van der Waals surface area contributed by atoms with E-state index in [1.54, 1.807) is 13.4 Å². The number of anilines is 2. The van der Waals surface area contributed by atoms with Gasteiger partial charge in [0.1, 0.15) is 16.9 Å². The summed E-state index contributed by atoms with van der Waals surface area (Å²) in [5.41, 5.74) is 3.86. The standard InChI is InChI=1S/C27H34N8O3S/c1-5-34-19(26(37)35(16-6-7-16)17-8-9-17)12-18-23-22(29-14-33(23)3)24(31-25(18)34)32-27-30-15(2)20(39-27)13-21(36)28-10-11-38-4/h12,14,16-17H,5-11,13H2,1-4H3,(H,28,36)(H,30,31,32). The van der Waals surface area contributed by atoms with Crippen LogP contribution in [0.1, 0.15) is 53.7 Å². The molecule has 11 nitrogen and oxygen atoms in total. The van der Waals surface area contributed by atoms with Crippen molar-refractivity contribution in [3.8, 4) is 0 Å². The van der Waals surface area contributed by atoms with Gasteiger partial charge in [-0.05, 0) is 45.6 Å². The maximum absolute atomic E-state index is 13.8. The molecule has 206 valence electrons. The van der Waals surface area contributed by atoms with E-state index in [2.05, 4.69) is 25.5 Å². The Balaban J connectivity index is 1.35. The number of aryl methyl sites for hydroxylation is 3. The van der Waals surface area contributed by atoms with Crippen LogP contribution in [0.25, 0.3) is 22.1 Å². The lowest BCUT2D eigenvalue weighted by atomic mass is 10.2. The second kappa shape index (κ2) is 10.2. The first-order chi connectivity index (χ1) is 18.9. The van der Waals surface area contributed by atoms with E-state index < -0.39 is 0 Å². The average Bonchev–Trinajstić information content (AvgIpc) is 3.82. The van der Waals surface area contributed by atoms with Gasteiger partial charge in [0.05, 0.1) is 30.6 Å². The van der Waals surface area contributed by atoms with E-state index in [0.29, 0.717) is 53.9 Å². The molecule has 0 spiro atoms. The molecule has 2 fully saturated rings. The summed E-state index contributed by atoms with van der Waals surface area (Å²) in [7, 11) is 3.56. The highest BCUT2D eigenvalue weighted by Gasteiger charge is 2.43. The fourth-order valence-corrected chi connectivity index (χ4v) is 6.17. The predicted molar refractivity (Wildman–Crippen MR) is 151 cm³/mol. The first kappa shape index (κ1) is 25.8. The Morgan fingerprint density at radius 3 is 2.62 bits per heavy atom. The van der Waals surface area contributed by atoms with Gasteiger partial charge in [0.25, 0.3) is 5.91 Å². The van der Waals surface area contributed by atoms with E-state index in [1.165, 1.54) is 11.3 Å². The van der Waals surface area contributed by atoms with E-state index in [0.717, 1.165) is 52.8 Å². The van der Waals surface area contributed by atoms with Gasteiger partial charge in [0.15, 0.2) is 10.9 Å². The third-order valence-corrected chi connectivity index (χ3v) is 8.49. The SMILES string of the molecule is CCn1c(C(=O)N(C2CC2)C2CC2)cc2c3c(ncn3C)c(Nc3nc(C)c(CC(=O)NCCOC)s3)nc21. The number of carbonyl (C=O) groups excluding carboxylic acids is 2. The molecule has 2 aliphatic rings. The van der Waals surface area contributed by atoms with Crippen LogP contribution in [-0.2, 0) is 29.5 Å². The van der Waals surface area contributed by atoms with E-state index in [9.17, 15) is 9.59 Å². The summed E-state index contributed by atoms with van der Waals surface area (Å²) in [5, 5.41) is 7.78. The van der Waals surface area contributed by atoms with E-state index in [-0.39, 0.29) is 18.2 Å². The van der Waals surface area contributed by atoms with Crippen molar-refractivity contribution in [1.82, 2.24) is 34.3 Å². The maximum Gasteiger partial charge on any atom is 0.271 e. The molecular weight excluding hydrogens is 516 g/mol. The third kappa shape index (κ3) is 4.87. The minimum atomic E-state index is -0.0681. The van der Waals surface area contributed by atoms with Crippen LogP contribution in [0.4, 0.5) is 10.9 Å². The Kier molecular flexibility index (Phi) is 6.76. The third-order valence-electron chi connectivity index (χ3n) is 7.42. The van der Waals surface area contributed by atoms with Crippen molar-refractivity contribution < 1.29 is 14.3 Å². The second-order valence-corrected chi connectivity index (χ2v) is 11.5. The summed E-state index contributed by atoms with van der Waals surface area (Å²) >= 11 is 1.43. The minimum Gasteiger partial charge on any atom is -0.383 e. The van der Waals surface area contributed by atoms with Crippen molar-refractivity contribution in [2.45, 2.75) is 64.6 Å². The Morgan fingerprint density at radius 2 is 1.95 bits per heavy atom. The number of nitrogens with zero attached hydrogens (tertiary/aromatic N) is 6. The van der Waals surface area contributed by atoms with Crippen molar-refractivity contribution in [2.24, 2.45) is 7.05 Å². The van der Waals surface area contributed by atoms with E-state index in [4.69, 9.17) is 9.72 Å². The number of methoxy groups -OCH3 is 1. The number of aromatic nitrogens is 5. The molecule has 6 rings (SSSR count). The lowest BCUT2D eigenvalue weighted by Gasteiger charge is -2.22. The van der Waals surface area contributed by atoms with Crippen LogP contribution in [0.5, 0.6) is 0 Å². The largest absolute Gasteiger partial charge is 0.383 e. The van der Waals surface area contributed by atoms with Crippen molar-refractivity contribution in [1.29, 1.82) is 0 Å². The number of rotatable bonds is 11. The van der Waals surface area contributed by atoms with Gasteiger partial charge in [-0.15, -0.1) is 11.3 Å². The van der Waals surface area contributed by atoms with Gasteiger partial charge in [-0.2, -0.15) is 0 Å². The van der Waals surface area contributed by atoms with Gasteiger partial charge in [0.2, 0.25) is 5.91 Å². The molecule has 12 heteroatoms. The predicted octanol–water partition coefficient (Wildman–Crippen LogP) is 3.52. The molecule has 4 heterocycles. The summed E-state index contributed by atoms with van der Waals surface area (Å²) in [4.78, 5) is 43.4. The average molecular weight is 551 g/mol. The van der Waals surface area contributed by atoms with Crippen molar-refractivity contribution in [3.63, 3.8) is 0 Å². The van der Waals surface area contributed by atoms with Crippen LogP contribution in [0, 0.1) is 6.92 Å². The zero-order valence-corrected chi connectivity index (χ0v) is 23.6. The van der Waals surface area contributed by atoms with Crippen molar-refractivity contribution in [3.05, 3.63) is 28.7 Å². The lowest BCUT2D eigenvalue weighted by Crippen LogP contribution is -2.36. The van der Waals surface area contributed by atoms with Crippen LogP contribution < -0.4 is 10.6 Å². The summed E-state index contributed by atoms with van der Waals surface area (Å²) in [6.07, 6.45) is 6.40. The Bertz CT molecular complexity index is 1550. The molecular formula is C27H34N8O3S. The van der Waals surface area contributed by atoms with Crippen LogP contribution in [-0.4, -0.2) is 73.1 Å². The number of hydrogen-bond donors (Lipinski definition) is 2. The van der Waals surface area contributed by atoms with Crippen LogP contribution in [0.15, 0.2) is 12.4 Å². The molecule has 0 aromatic carbocycles. The van der Waals surface area contributed by atoms with Gasteiger partial charge < -0.3 is 29.4 Å². The number of imidazole rings is 1. The van der Waals surface area contributed by atoms with Crippen LogP contribution in [0.2, 0.25) is 0 Å². The zero-order valence-electron chi connectivity index (χ0n) is 22.8. The maximum atomic E-state index is 13.8. The number of thiazole rings is 1.